The molecular weight excluding hydrogens is 314 g/mol. The number of aryl methyl sites for hydroxylation is 1. The van der Waals surface area contributed by atoms with Gasteiger partial charge in [-0.1, -0.05) is 23.9 Å². The number of benzene rings is 1. The van der Waals surface area contributed by atoms with Gasteiger partial charge in [-0.05, 0) is 37.5 Å². The van der Waals surface area contributed by atoms with Gasteiger partial charge in [0.1, 0.15) is 5.75 Å². The van der Waals surface area contributed by atoms with Gasteiger partial charge in [0.25, 0.3) is 0 Å². The molecule has 1 aliphatic rings. The van der Waals surface area contributed by atoms with E-state index in [1.54, 1.807) is 4.57 Å². The summed E-state index contributed by atoms with van der Waals surface area (Å²) in [7, 11) is 0. The van der Waals surface area contributed by atoms with Crippen LogP contribution in [-0.2, 0) is 11.3 Å². The average molecular weight is 335 g/mol. The van der Waals surface area contributed by atoms with Crippen molar-refractivity contribution in [1.29, 1.82) is 0 Å². The highest BCUT2D eigenvalue weighted by Crippen LogP contribution is 2.18. The quantitative estimate of drug-likeness (QED) is 0.621. The Labute approximate surface area is 139 Å². The van der Waals surface area contributed by atoms with E-state index in [9.17, 15) is 4.79 Å². The molecule has 1 unspecified atom stereocenters. The van der Waals surface area contributed by atoms with E-state index < -0.39 is 0 Å². The summed E-state index contributed by atoms with van der Waals surface area (Å²) < 4.78 is 13.0. The van der Waals surface area contributed by atoms with Crippen LogP contribution in [0.25, 0.3) is 0 Å². The molecule has 0 aliphatic carbocycles. The second kappa shape index (κ2) is 7.70. The molecule has 1 aromatic heterocycles. The van der Waals surface area contributed by atoms with E-state index in [4.69, 9.17) is 9.47 Å². The Bertz CT molecular complexity index is 692. The lowest BCUT2D eigenvalue weighted by molar-refractivity contribution is 0.0941. The van der Waals surface area contributed by atoms with Gasteiger partial charge < -0.3 is 9.47 Å². The van der Waals surface area contributed by atoms with Crippen LogP contribution in [0.5, 0.6) is 5.75 Å². The van der Waals surface area contributed by atoms with Crippen LogP contribution in [0.2, 0.25) is 0 Å². The first kappa shape index (κ1) is 16.1. The van der Waals surface area contributed by atoms with Crippen LogP contribution in [0.4, 0.5) is 0 Å². The van der Waals surface area contributed by atoms with Crippen molar-refractivity contribution < 1.29 is 9.47 Å². The van der Waals surface area contributed by atoms with E-state index in [2.05, 4.69) is 10.2 Å². The van der Waals surface area contributed by atoms with Gasteiger partial charge in [-0.15, -0.1) is 5.10 Å². The Kier molecular flexibility index (Phi) is 5.40. The van der Waals surface area contributed by atoms with E-state index in [1.807, 2.05) is 31.2 Å². The Balaban J connectivity index is 1.51. The summed E-state index contributed by atoms with van der Waals surface area (Å²) in [5.74, 6) is 1.59. The topological polar surface area (TPSA) is 69.1 Å². The highest BCUT2D eigenvalue weighted by Gasteiger charge is 2.19. The van der Waals surface area contributed by atoms with E-state index >= 15 is 0 Å². The first-order valence-corrected chi connectivity index (χ1v) is 8.80. The maximum atomic E-state index is 11.9. The fraction of sp³-hybridized carbons (Fsp3) is 0.500. The van der Waals surface area contributed by atoms with Crippen LogP contribution >= 0.6 is 11.8 Å². The summed E-state index contributed by atoms with van der Waals surface area (Å²) in [6.07, 6.45) is 2.18. The second-order valence-electron chi connectivity index (χ2n) is 5.57. The number of rotatable bonds is 7. The number of hydrogen-bond donors (Lipinski definition) is 1. The molecule has 0 spiro atoms. The van der Waals surface area contributed by atoms with Crippen molar-refractivity contribution in [1.82, 2.24) is 14.8 Å². The van der Waals surface area contributed by atoms with Gasteiger partial charge >= 0.3 is 5.69 Å². The van der Waals surface area contributed by atoms with Crippen molar-refractivity contribution in [2.45, 2.75) is 37.6 Å². The third kappa shape index (κ3) is 4.39. The highest BCUT2D eigenvalue weighted by atomic mass is 32.2. The zero-order valence-electron chi connectivity index (χ0n) is 13.2. The van der Waals surface area contributed by atoms with Gasteiger partial charge in [-0.3, -0.25) is 4.57 Å². The molecule has 2 heterocycles. The molecule has 2 aromatic rings. The van der Waals surface area contributed by atoms with Crippen LogP contribution < -0.4 is 10.4 Å². The molecule has 7 heteroatoms. The molecule has 0 saturated carbocycles. The van der Waals surface area contributed by atoms with Crippen molar-refractivity contribution in [2.24, 2.45) is 0 Å². The van der Waals surface area contributed by atoms with Crippen molar-refractivity contribution in [3.63, 3.8) is 0 Å². The number of nitrogens with zero attached hydrogens (tertiary/aromatic N) is 2. The summed E-state index contributed by atoms with van der Waals surface area (Å²) in [4.78, 5) is 11.9. The molecular formula is C16H21N3O3S. The number of thioether (sulfide) groups is 1. The van der Waals surface area contributed by atoms with Gasteiger partial charge in [0.05, 0.1) is 19.3 Å². The summed E-state index contributed by atoms with van der Waals surface area (Å²) in [5, 5.41) is 7.30. The van der Waals surface area contributed by atoms with Crippen molar-refractivity contribution in [2.75, 3.05) is 19.0 Å². The van der Waals surface area contributed by atoms with E-state index in [1.165, 1.54) is 17.3 Å². The van der Waals surface area contributed by atoms with Crippen LogP contribution in [-0.4, -0.2) is 39.8 Å². The molecule has 1 aliphatic heterocycles. The van der Waals surface area contributed by atoms with Crippen molar-refractivity contribution in [3.8, 4) is 5.75 Å². The van der Waals surface area contributed by atoms with Crippen LogP contribution in [0.1, 0.15) is 18.4 Å². The summed E-state index contributed by atoms with van der Waals surface area (Å²) in [6, 6.07) is 7.96. The van der Waals surface area contributed by atoms with Gasteiger partial charge in [0, 0.05) is 12.4 Å². The maximum absolute atomic E-state index is 11.9. The molecule has 124 valence electrons. The van der Waals surface area contributed by atoms with Gasteiger partial charge in [0.2, 0.25) is 0 Å². The predicted molar refractivity (Wildman–Crippen MR) is 89.2 cm³/mol. The zero-order valence-corrected chi connectivity index (χ0v) is 14.0. The van der Waals surface area contributed by atoms with Gasteiger partial charge in [-0.25, -0.2) is 9.89 Å². The Morgan fingerprint density at radius 3 is 3.22 bits per heavy atom. The number of hydrogen-bond acceptors (Lipinski definition) is 5. The molecule has 1 aromatic carbocycles. The molecule has 6 nitrogen and oxygen atoms in total. The molecule has 0 radical (unpaired) electrons. The fourth-order valence-electron chi connectivity index (χ4n) is 2.56. The third-order valence-corrected chi connectivity index (χ3v) is 4.65. The summed E-state index contributed by atoms with van der Waals surface area (Å²) in [6.45, 7) is 3.95. The number of H-pyrrole nitrogens is 1. The molecule has 23 heavy (non-hydrogen) atoms. The molecule has 1 atom stereocenters. The number of nitrogens with one attached hydrogen (secondary N) is 1. The van der Waals surface area contributed by atoms with Crippen molar-refractivity contribution >= 4 is 11.8 Å². The number of ether oxygens (including phenoxy) is 2. The fourth-order valence-corrected chi connectivity index (χ4v) is 3.34. The smallest absolute Gasteiger partial charge is 0.344 e. The Morgan fingerprint density at radius 1 is 1.52 bits per heavy atom. The molecule has 1 fully saturated rings. The Morgan fingerprint density at radius 2 is 2.43 bits per heavy atom. The lowest BCUT2D eigenvalue weighted by atomic mass is 10.2. The third-order valence-electron chi connectivity index (χ3n) is 3.71. The minimum atomic E-state index is -0.178. The number of aromatic amines is 1. The molecule has 0 amide bonds. The normalized spacial score (nSPS) is 17.5. The average Bonchev–Trinajstić information content (AvgIpc) is 3.16. The molecule has 3 rings (SSSR count). The summed E-state index contributed by atoms with van der Waals surface area (Å²) >= 11 is 1.51. The zero-order chi connectivity index (χ0) is 16.1. The minimum absolute atomic E-state index is 0.119. The SMILES string of the molecule is Cc1cccc(OCCSc2n[nH]c(=O)n2CC2CCCO2)c1. The lowest BCUT2D eigenvalue weighted by Gasteiger charge is -2.11. The Hall–Kier alpha value is -1.73. The lowest BCUT2D eigenvalue weighted by Crippen LogP contribution is -2.25. The monoisotopic (exact) mass is 335 g/mol. The molecule has 1 saturated heterocycles. The summed E-state index contributed by atoms with van der Waals surface area (Å²) in [5.41, 5.74) is 0.996. The van der Waals surface area contributed by atoms with Crippen LogP contribution in [0, 0.1) is 6.92 Å². The van der Waals surface area contributed by atoms with Crippen LogP contribution in [0.15, 0.2) is 34.2 Å². The standard InChI is InChI=1S/C16H21N3O3S/c1-12-4-2-5-13(10-12)22-8-9-23-16-18-17-15(20)19(16)11-14-6-3-7-21-14/h2,4-5,10,14H,3,6-9,11H2,1H3,(H,17,20). The second-order valence-corrected chi connectivity index (χ2v) is 6.63. The van der Waals surface area contributed by atoms with E-state index in [0.29, 0.717) is 18.3 Å². The highest BCUT2D eigenvalue weighted by molar-refractivity contribution is 7.99. The molecule has 1 N–H and O–H groups in total. The molecule has 0 bridgehead atoms. The first-order chi connectivity index (χ1) is 11.2. The number of aromatic nitrogens is 3. The van der Waals surface area contributed by atoms with Crippen molar-refractivity contribution in [3.05, 3.63) is 40.3 Å². The maximum Gasteiger partial charge on any atom is 0.344 e. The largest absolute Gasteiger partial charge is 0.493 e. The predicted octanol–water partition coefficient (Wildman–Crippen LogP) is 2.23. The first-order valence-electron chi connectivity index (χ1n) is 7.81. The minimum Gasteiger partial charge on any atom is -0.493 e. The van der Waals surface area contributed by atoms with Gasteiger partial charge in [0.15, 0.2) is 5.16 Å². The van der Waals surface area contributed by atoms with Crippen LogP contribution in [0.3, 0.4) is 0 Å². The van der Waals surface area contributed by atoms with E-state index in [0.717, 1.165) is 31.0 Å². The van der Waals surface area contributed by atoms with Gasteiger partial charge in [-0.2, -0.15) is 0 Å². The van der Waals surface area contributed by atoms with E-state index in [-0.39, 0.29) is 11.8 Å².